The monoisotopic (exact) mass is 223 g/mol. The third-order valence-corrected chi connectivity index (χ3v) is 2.73. The molecule has 1 aromatic rings. The number of hydrogen-bond donors (Lipinski definition) is 1. The van der Waals surface area contributed by atoms with Crippen molar-refractivity contribution in [1.82, 2.24) is 5.32 Å². The van der Waals surface area contributed by atoms with E-state index in [0.29, 0.717) is 6.42 Å². The molecule has 0 aliphatic heterocycles. The van der Waals surface area contributed by atoms with Crippen molar-refractivity contribution < 1.29 is 13.9 Å². The Hall–Kier alpha value is -1.58. The zero-order valence-corrected chi connectivity index (χ0v) is 9.07. The van der Waals surface area contributed by atoms with Crippen LogP contribution in [0.1, 0.15) is 18.9 Å². The summed E-state index contributed by atoms with van der Waals surface area (Å²) < 4.78 is 17.8. The zero-order chi connectivity index (χ0) is 11.6. The van der Waals surface area contributed by atoms with Gasteiger partial charge in [-0.05, 0) is 12.5 Å². The van der Waals surface area contributed by atoms with Crippen molar-refractivity contribution in [2.45, 2.75) is 31.7 Å². The van der Waals surface area contributed by atoms with Crippen LogP contribution in [0, 0.1) is 0 Å². The second-order valence-electron chi connectivity index (χ2n) is 4.28. The number of ether oxygens (including phenoxy) is 1. The van der Waals surface area contributed by atoms with Gasteiger partial charge >= 0.3 is 6.09 Å². The minimum atomic E-state index is -0.947. The third kappa shape index (κ3) is 2.51. The fourth-order valence-electron chi connectivity index (χ4n) is 1.44. The first kappa shape index (κ1) is 10.9. The smallest absolute Gasteiger partial charge is 0.407 e. The molecule has 1 aliphatic carbocycles. The molecule has 0 heterocycles. The minimum absolute atomic E-state index is 0.208. The summed E-state index contributed by atoms with van der Waals surface area (Å²) in [6.07, 6.45) is -1.14. The summed E-state index contributed by atoms with van der Waals surface area (Å²) in [6.45, 7) is 1.88. The molecule has 1 saturated carbocycles. The van der Waals surface area contributed by atoms with E-state index in [2.05, 4.69) is 5.32 Å². The topological polar surface area (TPSA) is 38.3 Å². The van der Waals surface area contributed by atoms with E-state index in [1.165, 1.54) is 0 Å². The molecular weight excluding hydrogens is 209 g/mol. The third-order valence-electron chi connectivity index (χ3n) is 2.73. The molecule has 0 spiro atoms. The van der Waals surface area contributed by atoms with E-state index in [4.69, 9.17) is 4.74 Å². The molecule has 0 saturated heterocycles. The van der Waals surface area contributed by atoms with Crippen molar-refractivity contribution in [2.24, 2.45) is 0 Å². The second kappa shape index (κ2) is 4.12. The average molecular weight is 223 g/mol. The van der Waals surface area contributed by atoms with Gasteiger partial charge in [-0.2, -0.15) is 0 Å². The van der Waals surface area contributed by atoms with Crippen molar-refractivity contribution >= 4 is 6.09 Å². The summed E-state index contributed by atoms with van der Waals surface area (Å²) in [5.74, 6) is 0. The van der Waals surface area contributed by atoms with Crippen molar-refractivity contribution in [2.75, 3.05) is 0 Å². The molecule has 16 heavy (non-hydrogen) atoms. The summed E-state index contributed by atoms with van der Waals surface area (Å²) in [5.41, 5.74) is 0.198. The molecule has 86 valence electrons. The maximum Gasteiger partial charge on any atom is 0.407 e. The van der Waals surface area contributed by atoms with Gasteiger partial charge in [0.2, 0.25) is 0 Å². The lowest BCUT2D eigenvalue weighted by Crippen LogP contribution is -2.36. The molecule has 1 N–H and O–H groups in total. The number of rotatable bonds is 3. The van der Waals surface area contributed by atoms with Gasteiger partial charge in [0.1, 0.15) is 12.8 Å². The summed E-state index contributed by atoms with van der Waals surface area (Å²) >= 11 is 0. The van der Waals surface area contributed by atoms with Crippen LogP contribution in [0.15, 0.2) is 30.3 Å². The fourth-order valence-corrected chi connectivity index (χ4v) is 1.44. The predicted molar refractivity (Wildman–Crippen MR) is 57.7 cm³/mol. The van der Waals surface area contributed by atoms with E-state index in [1.807, 2.05) is 30.3 Å². The van der Waals surface area contributed by atoms with Crippen LogP contribution in [-0.2, 0) is 11.3 Å². The lowest BCUT2D eigenvalue weighted by Gasteiger charge is -2.11. The van der Waals surface area contributed by atoms with Crippen molar-refractivity contribution in [1.29, 1.82) is 0 Å². The van der Waals surface area contributed by atoms with Crippen LogP contribution >= 0.6 is 0 Å². The standard InChI is InChI=1S/C12H14FNO2/c1-12(7-10(12)13)14-11(15)16-8-9-5-3-2-4-6-9/h2-6,10H,7-8H2,1H3,(H,14,15). The average Bonchev–Trinajstić information content (AvgIpc) is 2.84. The highest BCUT2D eigenvalue weighted by atomic mass is 19.1. The van der Waals surface area contributed by atoms with Crippen molar-refractivity contribution in [3.8, 4) is 0 Å². The number of carbonyl (C=O) groups excluding carboxylic acids is 1. The molecule has 0 aromatic heterocycles. The first-order valence-corrected chi connectivity index (χ1v) is 5.23. The molecule has 1 aliphatic rings. The Balaban J connectivity index is 1.77. The number of carbonyl (C=O) groups is 1. The van der Waals surface area contributed by atoms with Gasteiger partial charge in [0.15, 0.2) is 0 Å². The van der Waals surface area contributed by atoms with E-state index >= 15 is 0 Å². The first-order valence-electron chi connectivity index (χ1n) is 5.23. The van der Waals surface area contributed by atoms with Crippen molar-refractivity contribution in [3.63, 3.8) is 0 Å². The summed E-state index contributed by atoms with van der Waals surface area (Å²) in [7, 11) is 0. The van der Waals surface area contributed by atoms with E-state index in [1.54, 1.807) is 6.92 Å². The molecule has 2 unspecified atom stereocenters. The van der Waals surface area contributed by atoms with E-state index in [9.17, 15) is 9.18 Å². The molecule has 1 aromatic carbocycles. The number of nitrogens with one attached hydrogen (secondary N) is 1. The van der Waals surface area contributed by atoms with Gasteiger partial charge in [0, 0.05) is 6.42 Å². The highest BCUT2D eigenvalue weighted by Crippen LogP contribution is 2.38. The number of amides is 1. The Labute approximate surface area is 93.6 Å². The Bertz CT molecular complexity index is 382. The van der Waals surface area contributed by atoms with Crippen LogP contribution in [-0.4, -0.2) is 17.8 Å². The Morgan fingerprint density at radius 3 is 2.75 bits per heavy atom. The molecule has 2 rings (SSSR count). The lowest BCUT2D eigenvalue weighted by atomic mass is 10.2. The van der Waals surface area contributed by atoms with E-state index in [0.717, 1.165) is 5.56 Å². The van der Waals surface area contributed by atoms with Gasteiger partial charge < -0.3 is 10.1 Å². The molecule has 0 bridgehead atoms. The van der Waals surface area contributed by atoms with Gasteiger partial charge in [-0.25, -0.2) is 9.18 Å². The fraction of sp³-hybridized carbons (Fsp3) is 0.417. The minimum Gasteiger partial charge on any atom is -0.445 e. The zero-order valence-electron chi connectivity index (χ0n) is 9.07. The van der Waals surface area contributed by atoms with Crippen LogP contribution in [0.4, 0.5) is 9.18 Å². The van der Waals surface area contributed by atoms with Gasteiger partial charge in [0.25, 0.3) is 0 Å². The number of halogens is 1. The first-order chi connectivity index (χ1) is 7.60. The highest BCUT2D eigenvalue weighted by Gasteiger charge is 2.52. The van der Waals surface area contributed by atoms with Crippen molar-refractivity contribution in [3.05, 3.63) is 35.9 Å². The molecule has 1 fully saturated rings. The van der Waals surface area contributed by atoms with Gasteiger partial charge in [-0.15, -0.1) is 0 Å². The molecule has 4 heteroatoms. The van der Waals surface area contributed by atoms with Crippen LogP contribution in [0.2, 0.25) is 0 Å². The quantitative estimate of drug-likeness (QED) is 0.854. The van der Waals surface area contributed by atoms with Crippen LogP contribution in [0.5, 0.6) is 0 Å². The predicted octanol–water partition coefficient (Wildman–Crippen LogP) is 2.41. The summed E-state index contributed by atoms with van der Waals surface area (Å²) in [4.78, 5) is 11.3. The molecular formula is C12H14FNO2. The van der Waals surface area contributed by atoms with Gasteiger partial charge in [-0.3, -0.25) is 0 Å². The molecule has 1 amide bonds. The lowest BCUT2D eigenvalue weighted by molar-refractivity contribution is 0.133. The highest BCUT2D eigenvalue weighted by molar-refractivity contribution is 5.69. The Kier molecular flexibility index (Phi) is 2.81. The number of alkyl halides is 1. The maximum absolute atomic E-state index is 12.8. The Morgan fingerprint density at radius 2 is 2.19 bits per heavy atom. The van der Waals surface area contributed by atoms with Crippen LogP contribution < -0.4 is 5.32 Å². The summed E-state index contributed by atoms with van der Waals surface area (Å²) in [5, 5.41) is 2.51. The number of benzene rings is 1. The SMILES string of the molecule is CC1(NC(=O)OCc2ccccc2)CC1F. The largest absolute Gasteiger partial charge is 0.445 e. The maximum atomic E-state index is 12.8. The molecule has 2 atom stereocenters. The van der Waals surface area contributed by atoms with Crippen LogP contribution in [0.3, 0.4) is 0 Å². The van der Waals surface area contributed by atoms with Crippen LogP contribution in [0.25, 0.3) is 0 Å². The summed E-state index contributed by atoms with van der Waals surface area (Å²) in [6, 6.07) is 9.36. The van der Waals surface area contributed by atoms with E-state index in [-0.39, 0.29) is 6.61 Å². The van der Waals surface area contributed by atoms with Gasteiger partial charge in [0.05, 0.1) is 5.54 Å². The molecule has 0 radical (unpaired) electrons. The number of hydrogen-bond acceptors (Lipinski definition) is 2. The second-order valence-corrected chi connectivity index (χ2v) is 4.28. The van der Waals surface area contributed by atoms with Gasteiger partial charge in [-0.1, -0.05) is 30.3 Å². The number of alkyl carbamates (subject to hydrolysis) is 1. The van der Waals surface area contributed by atoms with E-state index < -0.39 is 17.8 Å². The molecule has 3 nitrogen and oxygen atoms in total. The normalized spacial score (nSPS) is 27.2. The Morgan fingerprint density at radius 1 is 1.56 bits per heavy atom.